The second-order valence-corrected chi connectivity index (χ2v) is 6.65. The molecule has 2 aromatic rings. The molecule has 0 bridgehead atoms. The molecule has 6 heteroatoms. The molecule has 0 aliphatic carbocycles. The normalized spacial score (nSPS) is 16.3. The highest BCUT2D eigenvalue weighted by molar-refractivity contribution is 5.78. The fraction of sp³-hybridized carbons (Fsp3) is 0.450. The summed E-state index contributed by atoms with van der Waals surface area (Å²) >= 11 is 0. The molecule has 1 amide bonds. The summed E-state index contributed by atoms with van der Waals surface area (Å²) in [5, 5.41) is 3.21. The Kier molecular flexibility index (Phi) is 6.55. The minimum atomic E-state index is 0.0922. The van der Waals surface area contributed by atoms with Crippen molar-refractivity contribution in [1.82, 2.24) is 20.2 Å². The van der Waals surface area contributed by atoms with Crippen LogP contribution in [0.25, 0.3) is 0 Å². The number of benzene rings is 1. The molecular formula is C20H27N5O. The third-order valence-corrected chi connectivity index (χ3v) is 4.73. The number of carbonyl (C=O) groups excluding carboxylic acids is 1. The topological polar surface area (TPSA) is 61.4 Å². The molecule has 3 rings (SSSR count). The first-order valence-electron chi connectivity index (χ1n) is 9.34. The van der Waals surface area contributed by atoms with Crippen molar-refractivity contribution < 1.29 is 4.79 Å². The van der Waals surface area contributed by atoms with Crippen molar-refractivity contribution in [3.8, 4) is 0 Å². The second-order valence-electron chi connectivity index (χ2n) is 6.65. The van der Waals surface area contributed by atoms with Gasteiger partial charge in [-0.15, -0.1) is 0 Å². The third-order valence-electron chi connectivity index (χ3n) is 4.73. The molecule has 1 fully saturated rings. The molecule has 1 aliphatic heterocycles. The minimum absolute atomic E-state index is 0.0922. The van der Waals surface area contributed by atoms with Gasteiger partial charge in [-0.05, 0) is 12.0 Å². The second kappa shape index (κ2) is 9.29. The van der Waals surface area contributed by atoms with Gasteiger partial charge in [0.1, 0.15) is 5.82 Å². The highest BCUT2D eigenvalue weighted by atomic mass is 16.2. The van der Waals surface area contributed by atoms with Crippen molar-refractivity contribution in [2.24, 2.45) is 0 Å². The monoisotopic (exact) mass is 353 g/mol. The molecule has 0 spiro atoms. The largest absolute Gasteiger partial charge is 0.353 e. The zero-order chi connectivity index (χ0) is 18.2. The number of amides is 1. The quantitative estimate of drug-likeness (QED) is 0.827. The van der Waals surface area contributed by atoms with Crippen LogP contribution in [0.2, 0.25) is 0 Å². The summed E-state index contributed by atoms with van der Waals surface area (Å²) in [5.41, 5.74) is 1.18. The van der Waals surface area contributed by atoms with E-state index >= 15 is 0 Å². The number of piperazine rings is 1. The summed E-state index contributed by atoms with van der Waals surface area (Å²) in [5.74, 6) is 1.00. The molecule has 1 aliphatic rings. The SMILES string of the molecule is CCCC(NC(=O)CN1CCN(c2cnccn2)CC1)c1ccccc1. The van der Waals surface area contributed by atoms with Crippen molar-refractivity contribution in [2.45, 2.75) is 25.8 Å². The lowest BCUT2D eigenvalue weighted by Gasteiger charge is -2.35. The molecule has 1 saturated heterocycles. The Bertz CT molecular complexity index is 671. The van der Waals surface area contributed by atoms with Crippen LogP contribution in [0, 0.1) is 0 Å². The van der Waals surface area contributed by atoms with Gasteiger partial charge in [0, 0.05) is 38.6 Å². The summed E-state index contributed by atoms with van der Waals surface area (Å²) in [7, 11) is 0. The van der Waals surface area contributed by atoms with E-state index in [4.69, 9.17) is 0 Å². The summed E-state index contributed by atoms with van der Waals surface area (Å²) in [4.78, 5) is 25.4. The lowest BCUT2D eigenvalue weighted by Crippen LogP contribution is -2.50. The Hall–Kier alpha value is -2.47. The highest BCUT2D eigenvalue weighted by Crippen LogP contribution is 2.18. The van der Waals surface area contributed by atoms with Gasteiger partial charge in [0.15, 0.2) is 0 Å². The van der Waals surface area contributed by atoms with Gasteiger partial charge in [-0.25, -0.2) is 4.98 Å². The number of aromatic nitrogens is 2. The van der Waals surface area contributed by atoms with E-state index in [-0.39, 0.29) is 11.9 Å². The number of hydrogen-bond donors (Lipinski definition) is 1. The summed E-state index contributed by atoms with van der Waals surface area (Å²) in [6.45, 7) is 6.03. The van der Waals surface area contributed by atoms with E-state index in [9.17, 15) is 4.79 Å². The van der Waals surface area contributed by atoms with E-state index < -0.39 is 0 Å². The molecule has 2 heterocycles. The van der Waals surface area contributed by atoms with Gasteiger partial charge >= 0.3 is 0 Å². The van der Waals surface area contributed by atoms with Crippen LogP contribution < -0.4 is 10.2 Å². The molecule has 1 atom stereocenters. The van der Waals surface area contributed by atoms with Gasteiger partial charge in [-0.2, -0.15) is 0 Å². The number of nitrogens with one attached hydrogen (secondary N) is 1. The standard InChI is InChI=1S/C20H27N5O/c1-2-6-18(17-7-4-3-5-8-17)23-20(26)16-24-11-13-25(14-12-24)19-15-21-9-10-22-19/h3-5,7-10,15,18H,2,6,11-14,16H2,1H3,(H,23,26). The van der Waals surface area contributed by atoms with Gasteiger partial charge in [0.05, 0.1) is 18.8 Å². The van der Waals surface area contributed by atoms with Crippen LogP contribution in [0.1, 0.15) is 31.4 Å². The molecule has 0 saturated carbocycles. The Morgan fingerprint density at radius 1 is 1.15 bits per heavy atom. The van der Waals surface area contributed by atoms with Crippen LogP contribution in [-0.4, -0.2) is 53.5 Å². The van der Waals surface area contributed by atoms with Crippen LogP contribution in [0.4, 0.5) is 5.82 Å². The van der Waals surface area contributed by atoms with E-state index in [2.05, 4.69) is 44.1 Å². The third kappa shape index (κ3) is 5.02. The van der Waals surface area contributed by atoms with E-state index in [1.54, 1.807) is 18.6 Å². The van der Waals surface area contributed by atoms with Crippen molar-refractivity contribution in [3.63, 3.8) is 0 Å². The molecule has 26 heavy (non-hydrogen) atoms. The lowest BCUT2D eigenvalue weighted by atomic mass is 10.0. The van der Waals surface area contributed by atoms with Crippen molar-refractivity contribution in [1.29, 1.82) is 0 Å². The van der Waals surface area contributed by atoms with Crippen molar-refractivity contribution in [3.05, 3.63) is 54.5 Å². The van der Waals surface area contributed by atoms with Gasteiger partial charge in [0.25, 0.3) is 0 Å². The van der Waals surface area contributed by atoms with Crippen LogP contribution in [0.15, 0.2) is 48.9 Å². The summed E-state index contributed by atoms with van der Waals surface area (Å²) in [6, 6.07) is 10.3. The summed E-state index contributed by atoms with van der Waals surface area (Å²) in [6.07, 6.45) is 7.18. The average Bonchev–Trinajstić information content (AvgIpc) is 2.69. The molecule has 1 aromatic carbocycles. The van der Waals surface area contributed by atoms with Gasteiger partial charge in [-0.1, -0.05) is 43.7 Å². The Labute approximate surface area is 155 Å². The predicted molar refractivity (Wildman–Crippen MR) is 103 cm³/mol. The maximum absolute atomic E-state index is 12.5. The highest BCUT2D eigenvalue weighted by Gasteiger charge is 2.21. The molecule has 0 radical (unpaired) electrons. The molecule has 1 N–H and O–H groups in total. The van der Waals surface area contributed by atoms with E-state index in [0.29, 0.717) is 6.54 Å². The van der Waals surface area contributed by atoms with Crippen molar-refractivity contribution in [2.75, 3.05) is 37.6 Å². The minimum Gasteiger partial charge on any atom is -0.353 e. The molecular weight excluding hydrogens is 326 g/mol. The Morgan fingerprint density at radius 2 is 1.92 bits per heavy atom. The first-order valence-corrected chi connectivity index (χ1v) is 9.34. The fourth-order valence-electron chi connectivity index (χ4n) is 3.33. The molecule has 6 nitrogen and oxygen atoms in total. The Morgan fingerprint density at radius 3 is 2.58 bits per heavy atom. The van der Waals surface area contributed by atoms with Crippen molar-refractivity contribution >= 4 is 11.7 Å². The van der Waals surface area contributed by atoms with Crippen LogP contribution in [0.5, 0.6) is 0 Å². The van der Waals surface area contributed by atoms with Crippen LogP contribution in [-0.2, 0) is 4.79 Å². The van der Waals surface area contributed by atoms with Crippen LogP contribution >= 0.6 is 0 Å². The Balaban J connectivity index is 1.49. The number of hydrogen-bond acceptors (Lipinski definition) is 5. The van der Waals surface area contributed by atoms with Gasteiger partial charge in [-0.3, -0.25) is 14.7 Å². The smallest absolute Gasteiger partial charge is 0.234 e. The molecule has 138 valence electrons. The number of nitrogens with zero attached hydrogens (tertiary/aromatic N) is 4. The predicted octanol–water partition coefficient (Wildman–Crippen LogP) is 2.26. The maximum Gasteiger partial charge on any atom is 0.234 e. The number of rotatable bonds is 7. The summed E-state index contributed by atoms with van der Waals surface area (Å²) < 4.78 is 0. The fourth-order valence-corrected chi connectivity index (χ4v) is 3.33. The molecule has 1 aromatic heterocycles. The first-order chi connectivity index (χ1) is 12.8. The molecule has 1 unspecified atom stereocenters. The zero-order valence-corrected chi connectivity index (χ0v) is 15.3. The average molecular weight is 353 g/mol. The number of anilines is 1. The number of carbonyl (C=O) groups is 1. The van der Waals surface area contributed by atoms with Gasteiger partial charge < -0.3 is 10.2 Å². The van der Waals surface area contributed by atoms with E-state index in [1.807, 2.05) is 18.2 Å². The zero-order valence-electron chi connectivity index (χ0n) is 15.3. The maximum atomic E-state index is 12.5. The van der Waals surface area contributed by atoms with Gasteiger partial charge in [0.2, 0.25) is 5.91 Å². The van der Waals surface area contributed by atoms with E-state index in [1.165, 1.54) is 5.56 Å². The van der Waals surface area contributed by atoms with E-state index in [0.717, 1.165) is 44.8 Å². The lowest BCUT2D eigenvalue weighted by molar-refractivity contribution is -0.123. The first kappa shape index (κ1) is 18.3. The van der Waals surface area contributed by atoms with Crippen LogP contribution in [0.3, 0.4) is 0 Å².